The number of benzene rings is 1. The number of pyridine rings is 1. The van der Waals surface area contributed by atoms with E-state index in [-0.39, 0.29) is 17.8 Å². The van der Waals surface area contributed by atoms with Gasteiger partial charge in [0.05, 0.1) is 25.9 Å². The first-order valence-electron chi connectivity index (χ1n) is 11.1. The van der Waals surface area contributed by atoms with Crippen LogP contribution in [0.25, 0.3) is 10.9 Å². The van der Waals surface area contributed by atoms with Crippen LogP contribution in [0.2, 0.25) is 0 Å². The maximum atomic E-state index is 13.2. The minimum absolute atomic E-state index is 0.0697. The summed E-state index contributed by atoms with van der Waals surface area (Å²) in [4.78, 5) is 18.4. The van der Waals surface area contributed by atoms with Crippen molar-refractivity contribution in [1.29, 1.82) is 0 Å². The molecule has 0 spiro atoms. The van der Waals surface area contributed by atoms with E-state index < -0.39 is 6.04 Å². The number of likely N-dealkylation sites (tertiary alicyclic amines) is 1. The van der Waals surface area contributed by atoms with Crippen molar-refractivity contribution in [3.63, 3.8) is 0 Å². The molecule has 4 heterocycles. The van der Waals surface area contributed by atoms with Crippen LogP contribution in [-0.2, 0) is 11.3 Å². The lowest BCUT2D eigenvalue weighted by Crippen LogP contribution is -2.42. The molecule has 2 aromatic heterocycles. The van der Waals surface area contributed by atoms with E-state index in [1.165, 1.54) is 0 Å². The zero-order chi connectivity index (χ0) is 22.1. The summed E-state index contributed by atoms with van der Waals surface area (Å²) < 4.78 is 12.9. The number of aliphatic hydroxyl groups excluding tert-OH is 1. The van der Waals surface area contributed by atoms with Gasteiger partial charge in [-0.15, -0.1) is 5.10 Å². The third-order valence-electron chi connectivity index (χ3n) is 6.44. The Kier molecular flexibility index (Phi) is 5.90. The Hall–Kier alpha value is -2.82. The summed E-state index contributed by atoms with van der Waals surface area (Å²) in [6, 6.07) is 7.04. The van der Waals surface area contributed by atoms with Gasteiger partial charge in [-0.2, -0.15) is 0 Å². The van der Waals surface area contributed by atoms with Crippen LogP contribution in [0.15, 0.2) is 29.1 Å². The van der Waals surface area contributed by atoms with Crippen LogP contribution in [0, 0.1) is 0 Å². The van der Waals surface area contributed by atoms with Crippen LogP contribution in [0.4, 0.5) is 0 Å². The van der Waals surface area contributed by atoms with Crippen LogP contribution in [0.1, 0.15) is 43.1 Å². The molecule has 2 saturated heterocycles. The molecule has 2 atom stereocenters. The molecular weight excluding hydrogens is 412 g/mol. The minimum atomic E-state index is -0.432. The lowest BCUT2D eigenvalue weighted by molar-refractivity contribution is 0.0632. The summed E-state index contributed by atoms with van der Waals surface area (Å²) in [5, 5.41) is 23.4. The molecule has 2 fully saturated rings. The Morgan fingerprint density at radius 2 is 2.12 bits per heavy atom. The van der Waals surface area contributed by atoms with Gasteiger partial charge >= 0.3 is 0 Å². The van der Waals surface area contributed by atoms with Crippen molar-refractivity contribution in [3.05, 3.63) is 46.0 Å². The number of H-pyrrole nitrogens is 1. The van der Waals surface area contributed by atoms with Gasteiger partial charge in [0.15, 0.2) is 5.82 Å². The second-order valence-corrected chi connectivity index (χ2v) is 8.53. The quantitative estimate of drug-likeness (QED) is 0.588. The lowest BCUT2D eigenvalue weighted by atomic mass is 9.99. The fourth-order valence-corrected chi connectivity index (χ4v) is 4.69. The largest absolute Gasteiger partial charge is 0.497 e. The number of nitrogens with zero attached hydrogens (tertiary/aromatic N) is 5. The highest BCUT2D eigenvalue weighted by atomic mass is 16.5. The second kappa shape index (κ2) is 8.97. The van der Waals surface area contributed by atoms with Crippen LogP contribution < -0.4 is 10.3 Å². The first kappa shape index (κ1) is 21.0. The molecule has 10 heteroatoms. The predicted octanol–water partition coefficient (Wildman–Crippen LogP) is 1.25. The van der Waals surface area contributed by atoms with Crippen molar-refractivity contribution < 1.29 is 14.6 Å². The second-order valence-electron chi connectivity index (χ2n) is 8.53. The van der Waals surface area contributed by atoms with Gasteiger partial charge in [-0.05, 0) is 60.4 Å². The number of nitrogens with one attached hydrogen (secondary N) is 1. The van der Waals surface area contributed by atoms with Crippen LogP contribution >= 0.6 is 0 Å². The molecule has 0 saturated carbocycles. The summed E-state index contributed by atoms with van der Waals surface area (Å²) in [7, 11) is 1.62. The number of tetrazole rings is 1. The molecule has 10 nitrogen and oxygen atoms in total. The first-order valence-corrected chi connectivity index (χ1v) is 11.1. The molecule has 3 aromatic rings. The molecule has 0 unspecified atom stereocenters. The van der Waals surface area contributed by atoms with Gasteiger partial charge in [0.25, 0.3) is 5.56 Å². The average molecular weight is 441 g/mol. The number of piperidine rings is 1. The number of hydrogen-bond donors (Lipinski definition) is 2. The van der Waals surface area contributed by atoms with E-state index in [1.807, 2.05) is 24.3 Å². The first-order chi connectivity index (χ1) is 15.6. The fraction of sp³-hybridized carbons (Fsp3) is 0.545. The summed E-state index contributed by atoms with van der Waals surface area (Å²) in [6.45, 7) is 2.60. The number of aromatic amines is 1. The summed E-state index contributed by atoms with van der Waals surface area (Å²) in [5.41, 5.74) is 1.14. The SMILES string of the molecule is COc1ccc2[nH]c(=O)c([C@H](c3nnnn3C[C@@H]3CCCO3)N3CCC(O)CC3)cc2c1. The Morgan fingerprint density at radius 3 is 2.88 bits per heavy atom. The van der Waals surface area contributed by atoms with Gasteiger partial charge in [-0.25, -0.2) is 4.68 Å². The van der Waals surface area contributed by atoms with E-state index in [2.05, 4.69) is 25.4 Å². The zero-order valence-corrected chi connectivity index (χ0v) is 18.1. The molecule has 2 N–H and O–H groups in total. The number of rotatable bonds is 6. The van der Waals surface area contributed by atoms with Gasteiger partial charge in [0, 0.05) is 36.2 Å². The Balaban J connectivity index is 1.59. The highest BCUT2D eigenvalue weighted by Gasteiger charge is 2.33. The molecular formula is C22H28N6O4. The summed E-state index contributed by atoms with van der Waals surface area (Å²) >= 11 is 0. The van der Waals surface area contributed by atoms with Gasteiger partial charge in [-0.1, -0.05) is 0 Å². The monoisotopic (exact) mass is 440 g/mol. The van der Waals surface area contributed by atoms with E-state index in [9.17, 15) is 9.90 Å². The predicted molar refractivity (Wildman–Crippen MR) is 117 cm³/mol. The van der Waals surface area contributed by atoms with Crippen molar-refractivity contribution in [1.82, 2.24) is 30.1 Å². The Bertz CT molecular complexity index is 1130. The molecule has 170 valence electrons. The third-order valence-corrected chi connectivity index (χ3v) is 6.44. The van der Waals surface area contributed by atoms with Crippen molar-refractivity contribution in [2.45, 2.75) is 50.5 Å². The number of methoxy groups -OCH3 is 1. The van der Waals surface area contributed by atoms with Crippen molar-refractivity contribution in [2.24, 2.45) is 0 Å². The average Bonchev–Trinajstić information content (AvgIpc) is 3.48. The lowest BCUT2D eigenvalue weighted by Gasteiger charge is -2.35. The molecule has 0 amide bonds. The Morgan fingerprint density at radius 1 is 1.28 bits per heavy atom. The van der Waals surface area contributed by atoms with Crippen molar-refractivity contribution >= 4 is 10.9 Å². The molecule has 1 aromatic carbocycles. The normalized spacial score (nSPS) is 21.2. The number of ether oxygens (including phenoxy) is 2. The fourth-order valence-electron chi connectivity index (χ4n) is 4.69. The van der Waals surface area contributed by atoms with Gasteiger partial charge in [-0.3, -0.25) is 9.69 Å². The van der Waals surface area contributed by atoms with E-state index in [4.69, 9.17) is 9.47 Å². The summed E-state index contributed by atoms with van der Waals surface area (Å²) in [6.07, 6.45) is 3.03. The highest BCUT2D eigenvalue weighted by molar-refractivity contribution is 5.80. The maximum absolute atomic E-state index is 13.2. The molecule has 0 aliphatic carbocycles. The molecule has 2 aliphatic heterocycles. The van der Waals surface area contributed by atoms with Crippen LogP contribution in [0.3, 0.4) is 0 Å². The summed E-state index contributed by atoms with van der Waals surface area (Å²) in [5.74, 6) is 1.33. The standard InChI is InChI=1S/C22H28N6O4/c1-31-16-4-5-19-14(11-16)12-18(22(30)23-19)20(27-8-6-15(29)7-9-27)21-24-25-26-28(21)13-17-3-2-10-32-17/h4-5,11-12,15,17,20,29H,2-3,6-10,13H2,1H3,(H,23,30)/t17-,20+/m0/s1. The minimum Gasteiger partial charge on any atom is -0.497 e. The van der Waals surface area contributed by atoms with Gasteiger partial charge in [0.1, 0.15) is 11.8 Å². The molecule has 0 bridgehead atoms. The van der Waals surface area contributed by atoms with Crippen LogP contribution in [-0.4, -0.2) is 74.2 Å². The topological polar surface area (TPSA) is 118 Å². The van der Waals surface area contributed by atoms with E-state index in [0.717, 1.165) is 36.1 Å². The molecule has 0 radical (unpaired) electrons. The van der Waals surface area contributed by atoms with Gasteiger partial charge in [0.2, 0.25) is 0 Å². The van der Waals surface area contributed by atoms with Crippen LogP contribution in [0.5, 0.6) is 5.75 Å². The van der Waals surface area contributed by atoms with E-state index in [0.29, 0.717) is 43.9 Å². The number of aliphatic hydroxyl groups is 1. The third kappa shape index (κ3) is 4.13. The molecule has 32 heavy (non-hydrogen) atoms. The van der Waals surface area contributed by atoms with Crippen molar-refractivity contribution in [2.75, 3.05) is 26.8 Å². The number of aromatic nitrogens is 5. The zero-order valence-electron chi connectivity index (χ0n) is 18.1. The maximum Gasteiger partial charge on any atom is 0.253 e. The number of fused-ring (bicyclic) bond motifs is 1. The van der Waals surface area contributed by atoms with E-state index >= 15 is 0 Å². The van der Waals surface area contributed by atoms with Crippen molar-refractivity contribution in [3.8, 4) is 5.75 Å². The van der Waals surface area contributed by atoms with E-state index in [1.54, 1.807) is 11.8 Å². The molecule has 5 rings (SSSR count). The highest BCUT2D eigenvalue weighted by Crippen LogP contribution is 2.30. The Labute approximate surface area is 185 Å². The smallest absolute Gasteiger partial charge is 0.253 e. The van der Waals surface area contributed by atoms with Gasteiger partial charge < -0.3 is 19.6 Å². The molecule has 2 aliphatic rings. The number of hydrogen-bond acceptors (Lipinski definition) is 8.